The summed E-state index contributed by atoms with van der Waals surface area (Å²) in [5.74, 6) is -0.463. The Morgan fingerprint density at radius 2 is 1.92 bits per heavy atom. The van der Waals surface area contributed by atoms with Crippen LogP contribution >= 0.6 is 36.2 Å². The summed E-state index contributed by atoms with van der Waals surface area (Å²) in [6.45, 7) is 3.67. The zero-order valence-corrected chi connectivity index (χ0v) is 16.6. The number of aryl methyl sites for hydroxylation is 2. The zero-order valence-electron chi connectivity index (χ0n) is 14.1. The van der Waals surface area contributed by atoms with Gasteiger partial charge in [0.25, 0.3) is 5.91 Å². The number of hydrogen-bond acceptors (Lipinski definition) is 4. The summed E-state index contributed by atoms with van der Waals surface area (Å²) in [6, 6.07) is 3.32. The van der Waals surface area contributed by atoms with Crippen LogP contribution in [0.2, 0.25) is 0 Å². The van der Waals surface area contributed by atoms with Crippen molar-refractivity contribution in [1.29, 1.82) is 0 Å². The molecule has 0 radical (unpaired) electrons. The van der Waals surface area contributed by atoms with Crippen molar-refractivity contribution in [3.8, 4) is 0 Å². The van der Waals surface area contributed by atoms with Gasteiger partial charge in [0.15, 0.2) is 0 Å². The first-order valence-corrected chi connectivity index (χ1v) is 8.25. The lowest BCUT2D eigenvalue weighted by atomic mass is 10.1. The third kappa shape index (κ3) is 6.12. The van der Waals surface area contributed by atoms with Crippen molar-refractivity contribution in [2.24, 2.45) is 5.73 Å². The molecule has 1 aromatic heterocycles. The second kappa shape index (κ2) is 10.1. The molecule has 0 aliphatic rings. The summed E-state index contributed by atoms with van der Waals surface area (Å²) in [5, 5.41) is 3.36. The van der Waals surface area contributed by atoms with Gasteiger partial charge in [-0.15, -0.1) is 36.2 Å². The molecule has 0 unspecified atom stereocenters. The van der Waals surface area contributed by atoms with Crippen LogP contribution in [0.1, 0.15) is 44.8 Å². The number of rotatable bonds is 5. The molecule has 2 aromatic rings. The Morgan fingerprint density at radius 1 is 1.27 bits per heavy atom. The molecular weight excluding hydrogens is 410 g/mol. The maximum Gasteiger partial charge on any atom is 0.416 e. The average molecular weight is 430 g/mol. The van der Waals surface area contributed by atoms with E-state index in [0.29, 0.717) is 16.1 Å². The highest BCUT2D eigenvalue weighted by Gasteiger charge is 2.31. The van der Waals surface area contributed by atoms with Crippen LogP contribution in [0, 0.1) is 6.92 Å². The van der Waals surface area contributed by atoms with Gasteiger partial charge in [0.1, 0.15) is 4.88 Å². The number of hydrogen-bond donors (Lipinski definition) is 2. The lowest BCUT2D eigenvalue weighted by Crippen LogP contribution is -2.14. The van der Waals surface area contributed by atoms with E-state index in [1.165, 1.54) is 17.4 Å². The summed E-state index contributed by atoms with van der Waals surface area (Å²) in [5.41, 5.74) is 5.55. The van der Waals surface area contributed by atoms with E-state index in [9.17, 15) is 18.0 Å². The van der Waals surface area contributed by atoms with E-state index in [4.69, 9.17) is 5.73 Å². The van der Waals surface area contributed by atoms with Crippen LogP contribution < -0.4 is 11.1 Å². The molecular formula is C16H20Cl2F3N3OS. The molecule has 146 valence electrons. The van der Waals surface area contributed by atoms with E-state index in [1.807, 2.05) is 6.92 Å². The lowest BCUT2D eigenvalue weighted by molar-refractivity contribution is -0.137. The monoisotopic (exact) mass is 429 g/mol. The van der Waals surface area contributed by atoms with E-state index in [-0.39, 0.29) is 37.0 Å². The molecule has 0 saturated heterocycles. The second-order valence-electron chi connectivity index (χ2n) is 5.35. The predicted molar refractivity (Wildman–Crippen MR) is 103 cm³/mol. The van der Waals surface area contributed by atoms with Gasteiger partial charge in [0.2, 0.25) is 0 Å². The van der Waals surface area contributed by atoms with Crippen LogP contribution in [0.25, 0.3) is 0 Å². The summed E-state index contributed by atoms with van der Waals surface area (Å²) in [4.78, 5) is 17.1. The Bertz CT molecular complexity index is 751. The van der Waals surface area contributed by atoms with Gasteiger partial charge in [-0.3, -0.25) is 4.79 Å². The summed E-state index contributed by atoms with van der Waals surface area (Å²) in [7, 11) is 0. The summed E-state index contributed by atoms with van der Waals surface area (Å²) in [6.07, 6.45) is -2.83. The minimum absolute atomic E-state index is 0. The standard InChI is InChI=1S/C16H18F3N3OS.2ClH/c1-3-4-13-21-9(2)14(24-13)15(23)22-12-6-10(8-20)5-11(7-12)16(17,18)19;;/h5-7H,3-4,8,20H2,1-2H3,(H,22,23);2*1H. The van der Waals surface area contributed by atoms with E-state index in [1.54, 1.807) is 6.92 Å². The number of thiazole rings is 1. The van der Waals surface area contributed by atoms with Crippen molar-refractivity contribution in [3.05, 3.63) is 44.9 Å². The molecule has 1 aromatic carbocycles. The highest BCUT2D eigenvalue weighted by molar-refractivity contribution is 7.13. The third-order valence-electron chi connectivity index (χ3n) is 3.32. The van der Waals surface area contributed by atoms with Gasteiger partial charge < -0.3 is 11.1 Å². The number of alkyl halides is 3. The molecule has 0 aliphatic heterocycles. The Labute approximate surface area is 166 Å². The first kappa shape index (κ1) is 24.7. The van der Waals surface area contributed by atoms with Crippen LogP contribution in [0.3, 0.4) is 0 Å². The molecule has 2 rings (SSSR count). The highest BCUT2D eigenvalue weighted by Crippen LogP contribution is 2.32. The van der Waals surface area contributed by atoms with Crippen molar-refractivity contribution in [3.63, 3.8) is 0 Å². The Hall–Kier alpha value is -1.35. The van der Waals surface area contributed by atoms with Crippen molar-refractivity contribution < 1.29 is 18.0 Å². The fraction of sp³-hybridized carbons (Fsp3) is 0.375. The molecule has 0 spiro atoms. The number of benzene rings is 1. The van der Waals surface area contributed by atoms with Gasteiger partial charge in [-0.2, -0.15) is 13.2 Å². The summed E-state index contributed by atoms with van der Waals surface area (Å²) < 4.78 is 38.8. The number of carbonyl (C=O) groups excluding carboxylic acids is 1. The number of aromatic nitrogens is 1. The van der Waals surface area contributed by atoms with E-state index >= 15 is 0 Å². The fourth-order valence-corrected chi connectivity index (χ4v) is 3.28. The topological polar surface area (TPSA) is 68.0 Å². The quantitative estimate of drug-likeness (QED) is 0.703. The molecule has 0 aliphatic carbocycles. The van der Waals surface area contributed by atoms with Gasteiger partial charge in [-0.25, -0.2) is 4.98 Å². The number of nitrogens with one attached hydrogen (secondary N) is 1. The SMILES string of the molecule is CCCc1nc(C)c(C(=O)Nc2cc(CN)cc(C(F)(F)F)c2)s1.Cl.Cl. The number of nitrogens with zero attached hydrogens (tertiary/aromatic N) is 1. The molecule has 10 heteroatoms. The van der Waals surface area contributed by atoms with Crippen molar-refractivity contribution in [1.82, 2.24) is 4.98 Å². The van der Waals surface area contributed by atoms with E-state index in [0.717, 1.165) is 30.0 Å². The smallest absolute Gasteiger partial charge is 0.326 e. The average Bonchev–Trinajstić information content (AvgIpc) is 2.87. The number of carbonyl (C=O) groups is 1. The van der Waals surface area contributed by atoms with Crippen LogP contribution in [0.5, 0.6) is 0 Å². The van der Waals surface area contributed by atoms with Gasteiger partial charge >= 0.3 is 6.18 Å². The third-order valence-corrected chi connectivity index (χ3v) is 4.54. The molecule has 4 nitrogen and oxygen atoms in total. The maximum absolute atomic E-state index is 12.9. The molecule has 0 fully saturated rings. The second-order valence-corrected chi connectivity index (χ2v) is 6.43. The Morgan fingerprint density at radius 3 is 2.46 bits per heavy atom. The lowest BCUT2D eigenvalue weighted by Gasteiger charge is -2.12. The maximum atomic E-state index is 12.9. The number of amides is 1. The summed E-state index contributed by atoms with van der Waals surface area (Å²) >= 11 is 1.26. The minimum atomic E-state index is -4.50. The Balaban J connectivity index is 0.00000312. The molecule has 1 heterocycles. The van der Waals surface area contributed by atoms with Gasteiger partial charge in [-0.1, -0.05) is 6.92 Å². The zero-order chi connectivity index (χ0) is 17.9. The van der Waals surface area contributed by atoms with Gasteiger partial charge in [0.05, 0.1) is 16.3 Å². The van der Waals surface area contributed by atoms with Crippen molar-refractivity contribution >= 4 is 47.7 Å². The first-order chi connectivity index (χ1) is 11.2. The van der Waals surface area contributed by atoms with Crippen LogP contribution in [0.15, 0.2) is 18.2 Å². The van der Waals surface area contributed by atoms with E-state index < -0.39 is 17.6 Å². The number of anilines is 1. The van der Waals surface area contributed by atoms with Crippen molar-refractivity contribution in [2.45, 2.75) is 39.4 Å². The Kier molecular flexibility index (Phi) is 9.58. The van der Waals surface area contributed by atoms with Crippen LogP contribution in [-0.2, 0) is 19.1 Å². The molecule has 0 bridgehead atoms. The fourth-order valence-electron chi connectivity index (χ4n) is 2.22. The number of nitrogens with two attached hydrogens (primary N) is 1. The molecule has 3 N–H and O–H groups in total. The molecule has 0 atom stereocenters. The highest BCUT2D eigenvalue weighted by atomic mass is 35.5. The minimum Gasteiger partial charge on any atom is -0.326 e. The largest absolute Gasteiger partial charge is 0.416 e. The van der Waals surface area contributed by atoms with Crippen molar-refractivity contribution in [2.75, 3.05) is 5.32 Å². The van der Waals surface area contributed by atoms with Gasteiger partial charge in [0, 0.05) is 12.2 Å². The predicted octanol–water partition coefficient (Wildman–Crippen LogP) is 4.98. The van der Waals surface area contributed by atoms with Crippen LogP contribution in [0.4, 0.5) is 18.9 Å². The van der Waals surface area contributed by atoms with Gasteiger partial charge in [-0.05, 0) is 43.5 Å². The van der Waals surface area contributed by atoms with E-state index in [2.05, 4.69) is 10.3 Å². The van der Waals surface area contributed by atoms with Crippen LogP contribution in [-0.4, -0.2) is 10.9 Å². The molecule has 0 saturated carbocycles. The molecule has 1 amide bonds. The molecule has 26 heavy (non-hydrogen) atoms. The number of halogens is 5. The normalized spacial score (nSPS) is 10.7. The first-order valence-electron chi connectivity index (χ1n) is 7.43.